The lowest BCUT2D eigenvalue weighted by Gasteiger charge is -2.22. The van der Waals surface area contributed by atoms with Crippen molar-refractivity contribution in [1.82, 2.24) is 0 Å². The first-order valence-electron chi connectivity index (χ1n) is 4.38. The molecule has 1 nitrogen and oxygen atoms in total. The Bertz CT molecular complexity index is 316. The minimum absolute atomic E-state index is 0.540. The molecular formula is C11H13N. The number of hydrogen-bond acceptors (Lipinski definition) is 1. The molecule has 1 aliphatic heterocycles. The molecule has 0 aromatic carbocycles. The number of fused-ring (bicyclic) bond motifs is 1. The number of aliphatic imine (C=N–C) groups is 1. The van der Waals surface area contributed by atoms with Gasteiger partial charge >= 0.3 is 0 Å². The highest BCUT2D eigenvalue weighted by molar-refractivity contribution is 6.05. The normalized spacial score (nSPS) is 27.2. The average Bonchev–Trinajstić information content (AvgIpc) is 2.12. The van der Waals surface area contributed by atoms with Gasteiger partial charge in [0.1, 0.15) is 0 Å². The molecule has 0 aromatic heterocycles. The summed E-state index contributed by atoms with van der Waals surface area (Å²) in [5, 5.41) is 0. The van der Waals surface area contributed by atoms with Crippen molar-refractivity contribution in [1.29, 1.82) is 0 Å². The Morgan fingerprint density at radius 2 is 2.25 bits per heavy atom. The van der Waals surface area contributed by atoms with Gasteiger partial charge in [0.25, 0.3) is 0 Å². The molecule has 0 fully saturated rings. The average molecular weight is 159 g/mol. The van der Waals surface area contributed by atoms with Crippen LogP contribution in [0.25, 0.3) is 0 Å². The van der Waals surface area contributed by atoms with E-state index < -0.39 is 0 Å². The third-order valence-corrected chi connectivity index (χ3v) is 2.61. The van der Waals surface area contributed by atoms with Crippen LogP contribution < -0.4 is 0 Å². The van der Waals surface area contributed by atoms with Gasteiger partial charge in [0.05, 0.1) is 5.71 Å². The van der Waals surface area contributed by atoms with Crippen molar-refractivity contribution in [2.75, 3.05) is 0 Å². The van der Waals surface area contributed by atoms with Crippen molar-refractivity contribution in [3.63, 3.8) is 0 Å². The SMILES string of the molecule is CC1=C(C)C2=NC=CCC2C=C1. The van der Waals surface area contributed by atoms with Gasteiger partial charge in [0.2, 0.25) is 0 Å². The number of rotatable bonds is 0. The van der Waals surface area contributed by atoms with Crippen LogP contribution >= 0.6 is 0 Å². The molecule has 1 heterocycles. The predicted molar refractivity (Wildman–Crippen MR) is 52.2 cm³/mol. The van der Waals surface area contributed by atoms with E-state index in [1.165, 1.54) is 16.9 Å². The Labute approximate surface area is 73.2 Å². The molecule has 0 spiro atoms. The minimum Gasteiger partial charge on any atom is -0.261 e. The summed E-state index contributed by atoms with van der Waals surface area (Å²) in [6.45, 7) is 4.30. The molecule has 1 heteroatoms. The Morgan fingerprint density at radius 3 is 3.08 bits per heavy atom. The maximum atomic E-state index is 4.41. The van der Waals surface area contributed by atoms with Crippen molar-refractivity contribution in [3.05, 3.63) is 35.6 Å². The van der Waals surface area contributed by atoms with E-state index in [0.717, 1.165) is 6.42 Å². The molecule has 1 aliphatic carbocycles. The summed E-state index contributed by atoms with van der Waals surface area (Å²) in [7, 11) is 0. The van der Waals surface area contributed by atoms with Gasteiger partial charge in [-0.15, -0.1) is 0 Å². The van der Waals surface area contributed by atoms with Crippen molar-refractivity contribution < 1.29 is 0 Å². The fourth-order valence-corrected chi connectivity index (χ4v) is 1.68. The second-order valence-corrected chi connectivity index (χ2v) is 3.41. The zero-order chi connectivity index (χ0) is 8.55. The maximum absolute atomic E-state index is 4.41. The highest BCUT2D eigenvalue weighted by Gasteiger charge is 2.19. The van der Waals surface area contributed by atoms with Gasteiger partial charge in [-0.3, -0.25) is 4.99 Å². The molecule has 12 heavy (non-hydrogen) atoms. The van der Waals surface area contributed by atoms with E-state index in [9.17, 15) is 0 Å². The predicted octanol–water partition coefficient (Wildman–Crippen LogP) is 2.87. The second-order valence-electron chi connectivity index (χ2n) is 3.41. The van der Waals surface area contributed by atoms with E-state index in [2.05, 4.69) is 37.1 Å². The summed E-state index contributed by atoms with van der Waals surface area (Å²) in [5.74, 6) is 0.540. The first-order valence-corrected chi connectivity index (χ1v) is 4.38. The van der Waals surface area contributed by atoms with Crippen molar-refractivity contribution in [2.24, 2.45) is 10.9 Å². The molecule has 1 unspecified atom stereocenters. The van der Waals surface area contributed by atoms with Crippen molar-refractivity contribution in [2.45, 2.75) is 20.3 Å². The van der Waals surface area contributed by atoms with Crippen molar-refractivity contribution in [3.8, 4) is 0 Å². The summed E-state index contributed by atoms with van der Waals surface area (Å²) in [6, 6.07) is 0. The maximum Gasteiger partial charge on any atom is 0.0507 e. The lowest BCUT2D eigenvalue weighted by Crippen LogP contribution is -2.18. The molecule has 0 aromatic rings. The fourth-order valence-electron chi connectivity index (χ4n) is 1.68. The molecule has 2 rings (SSSR count). The molecule has 0 radical (unpaired) electrons. The van der Waals surface area contributed by atoms with Gasteiger partial charge in [-0.2, -0.15) is 0 Å². The number of nitrogens with zero attached hydrogens (tertiary/aromatic N) is 1. The number of allylic oxidation sites excluding steroid dienone is 5. The largest absolute Gasteiger partial charge is 0.261 e. The Balaban J connectivity index is 2.45. The summed E-state index contributed by atoms with van der Waals surface area (Å²) in [4.78, 5) is 4.41. The molecule has 0 amide bonds. The van der Waals surface area contributed by atoms with Crippen LogP contribution in [0, 0.1) is 5.92 Å². The van der Waals surface area contributed by atoms with Crippen LogP contribution in [-0.2, 0) is 0 Å². The highest BCUT2D eigenvalue weighted by atomic mass is 14.7. The van der Waals surface area contributed by atoms with E-state index in [-0.39, 0.29) is 0 Å². The first-order chi connectivity index (χ1) is 5.79. The molecular weight excluding hydrogens is 146 g/mol. The second kappa shape index (κ2) is 2.74. The Kier molecular flexibility index (Phi) is 1.72. The van der Waals surface area contributed by atoms with E-state index >= 15 is 0 Å². The van der Waals surface area contributed by atoms with Crippen LogP contribution in [0.1, 0.15) is 20.3 Å². The van der Waals surface area contributed by atoms with Gasteiger partial charge in [-0.25, -0.2) is 0 Å². The topological polar surface area (TPSA) is 12.4 Å². The zero-order valence-corrected chi connectivity index (χ0v) is 7.54. The smallest absolute Gasteiger partial charge is 0.0507 e. The first kappa shape index (κ1) is 7.53. The molecule has 0 saturated heterocycles. The monoisotopic (exact) mass is 159 g/mol. The van der Waals surface area contributed by atoms with Gasteiger partial charge < -0.3 is 0 Å². The summed E-state index contributed by atoms with van der Waals surface area (Å²) >= 11 is 0. The van der Waals surface area contributed by atoms with Crippen LogP contribution in [0.4, 0.5) is 0 Å². The third-order valence-electron chi connectivity index (χ3n) is 2.61. The summed E-state index contributed by atoms with van der Waals surface area (Å²) < 4.78 is 0. The Morgan fingerprint density at radius 1 is 1.42 bits per heavy atom. The molecule has 0 N–H and O–H groups in total. The quantitative estimate of drug-likeness (QED) is 0.515. The minimum atomic E-state index is 0.540. The zero-order valence-electron chi connectivity index (χ0n) is 7.54. The molecule has 1 atom stereocenters. The van der Waals surface area contributed by atoms with Crippen LogP contribution in [0.5, 0.6) is 0 Å². The van der Waals surface area contributed by atoms with E-state index in [4.69, 9.17) is 0 Å². The van der Waals surface area contributed by atoms with Gasteiger partial charge in [0, 0.05) is 12.1 Å². The lowest BCUT2D eigenvalue weighted by molar-refractivity contribution is 0.849. The van der Waals surface area contributed by atoms with Gasteiger partial charge in [0.15, 0.2) is 0 Å². The van der Waals surface area contributed by atoms with Crippen LogP contribution in [0.2, 0.25) is 0 Å². The van der Waals surface area contributed by atoms with E-state index in [1.54, 1.807) is 0 Å². The molecule has 0 bridgehead atoms. The highest BCUT2D eigenvalue weighted by Crippen LogP contribution is 2.25. The molecule has 2 aliphatic rings. The van der Waals surface area contributed by atoms with E-state index in [0.29, 0.717) is 5.92 Å². The lowest BCUT2D eigenvalue weighted by atomic mass is 9.86. The van der Waals surface area contributed by atoms with E-state index in [1.807, 2.05) is 6.20 Å². The van der Waals surface area contributed by atoms with Gasteiger partial charge in [-0.05, 0) is 31.4 Å². The number of hydrogen-bond donors (Lipinski definition) is 0. The van der Waals surface area contributed by atoms with Crippen LogP contribution in [0.3, 0.4) is 0 Å². The summed E-state index contributed by atoms with van der Waals surface area (Å²) in [6.07, 6.45) is 9.62. The third kappa shape index (κ3) is 1.06. The molecule has 0 saturated carbocycles. The summed E-state index contributed by atoms with van der Waals surface area (Å²) in [5.41, 5.74) is 3.96. The Hall–Kier alpha value is -1.11. The van der Waals surface area contributed by atoms with Crippen LogP contribution in [-0.4, -0.2) is 5.71 Å². The van der Waals surface area contributed by atoms with Crippen molar-refractivity contribution >= 4 is 5.71 Å². The molecule has 62 valence electrons. The van der Waals surface area contributed by atoms with Crippen LogP contribution in [0.15, 0.2) is 40.6 Å². The van der Waals surface area contributed by atoms with Gasteiger partial charge in [-0.1, -0.05) is 18.2 Å². The standard InChI is InChI=1S/C11H13N/c1-8-5-6-10-4-3-7-12-11(10)9(8)2/h3,5-7,10H,4H2,1-2H3. The fraction of sp³-hybridized carbons (Fsp3) is 0.364.